The summed E-state index contributed by atoms with van der Waals surface area (Å²) >= 11 is 0. The second-order valence-corrected chi connectivity index (χ2v) is 7.18. The Balaban J connectivity index is 2.03. The Morgan fingerprint density at radius 2 is 1.30 bits per heavy atom. The van der Waals surface area contributed by atoms with E-state index in [0.717, 1.165) is 38.1 Å². The first-order chi connectivity index (χ1) is 11.1. The molecule has 4 rings (SSSR count). The topological polar surface area (TPSA) is 57.5 Å². The molecule has 2 N–H and O–H groups in total. The van der Waals surface area contributed by atoms with Crippen LogP contribution in [0, 0.1) is 6.92 Å². The Morgan fingerprint density at radius 3 is 1.87 bits per heavy atom. The Labute approximate surface area is 133 Å². The first kappa shape index (κ1) is 14.0. The van der Waals surface area contributed by atoms with Gasteiger partial charge in [0, 0.05) is 11.1 Å². The van der Waals surface area contributed by atoms with Gasteiger partial charge in [0.1, 0.15) is 11.5 Å². The van der Waals surface area contributed by atoms with Gasteiger partial charge in [-0.1, -0.05) is 28.8 Å². The number of hydrogen-bond acceptors (Lipinski definition) is 3. The van der Waals surface area contributed by atoms with Crippen molar-refractivity contribution in [1.29, 1.82) is 0 Å². The monoisotopic (exact) mass is 321 g/mol. The number of phenols is 2. The molecule has 23 heavy (non-hydrogen) atoms. The summed E-state index contributed by atoms with van der Waals surface area (Å²) in [7, 11) is -1.42. The predicted octanol–water partition coefficient (Wildman–Crippen LogP) is 5.51. The molecule has 0 aliphatic rings. The summed E-state index contributed by atoms with van der Waals surface area (Å²) in [5.74, 6) is 0.423. The van der Waals surface area contributed by atoms with Crippen LogP contribution in [0.4, 0.5) is 0 Å². The van der Waals surface area contributed by atoms with Crippen LogP contribution in [0.3, 0.4) is 0 Å². The maximum Gasteiger partial charge on any atom is 0.426 e. The van der Waals surface area contributed by atoms with Crippen molar-refractivity contribution >= 4 is 17.6 Å². The van der Waals surface area contributed by atoms with Gasteiger partial charge in [0.15, 0.2) is 0 Å². The highest BCUT2D eigenvalue weighted by Crippen LogP contribution is 2.56. The van der Waals surface area contributed by atoms with Crippen LogP contribution in [0.2, 0.25) is 0 Å². The second-order valence-electron chi connectivity index (χ2n) is 5.70. The van der Waals surface area contributed by atoms with Gasteiger partial charge >= 0.3 is 7.41 Å². The molecule has 1 heterocycles. The predicted molar refractivity (Wildman–Crippen MR) is 92.9 cm³/mol. The van der Waals surface area contributed by atoms with Crippen LogP contribution in [0.1, 0.15) is 5.56 Å². The molecule has 0 amide bonds. The smallest absolute Gasteiger partial charge is 0.426 e. The summed E-state index contributed by atoms with van der Waals surface area (Å²) in [4.78, 5) is 0. The molecule has 1 unspecified atom stereocenters. The molecule has 1 aromatic heterocycles. The SMILES string of the molecule is Cc1cc(-c2ccc(O)cc2)c(-c2ccc(O)cc2)c2c1[p+]2=O. The number of fused-ring (bicyclic) bond motifs is 1. The van der Waals surface area contributed by atoms with Crippen LogP contribution in [0.5, 0.6) is 11.5 Å². The lowest BCUT2D eigenvalue weighted by atomic mass is 9.93. The van der Waals surface area contributed by atoms with E-state index in [2.05, 4.69) is 0 Å². The molecule has 3 nitrogen and oxygen atoms in total. The van der Waals surface area contributed by atoms with Crippen molar-refractivity contribution in [3.8, 4) is 33.8 Å². The van der Waals surface area contributed by atoms with Crippen molar-refractivity contribution in [2.24, 2.45) is 0 Å². The van der Waals surface area contributed by atoms with Gasteiger partial charge in [0.05, 0.1) is 0 Å². The number of rotatable bonds is 2. The van der Waals surface area contributed by atoms with E-state index >= 15 is 0 Å². The quantitative estimate of drug-likeness (QED) is 0.511. The van der Waals surface area contributed by atoms with Gasteiger partial charge in [0.25, 0.3) is 10.2 Å². The van der Waals surface area contributed by atoms with E-state index in [4.69, 9.17) is 0 Å². The molecule has 1 atom stereocenters. The van der Waals surface area contributed by atoms with E-state index in [1.165, 1.54) is 0 Å². The summed E-state index contributed by atoms with van der Waals surface area (Å²) in [6.07, 6.45) is 0. The molecule has 0 radical (unpaired) electrons. The van der Waals surface area contributed by atoms with Crippen molar-refractivity contribution < 1.29 is 14.8 Å². The molecule has 0 fully saturated rings. The van der Waals surface area contributed by atoms with Crippen molar-refractivity contribution in [2.45, 2.75) is 6.92 Å². The Hall–Kier alpha value is -2.64. The van der Waals surface area contributed by atoms with E-state index in [-0.39, 0.29) is 11.5 Å². The highest BCUT2D eigenvalue weighted by atomic mass is 31.1. The first-order valence-electron chi connectivity index (χ1n) is 7.30. The number of benzene rings is 3. The molecule has 0 bridgehead atoms. The minimum Gasteiger partial charge on any atom is -0.508 e. The third kappa shape index (κ3) is 2.21. The molecule has 3 aromatic carbocycles. The standard InChI is InChI=1S/C19H13O3P/c1-11-10-16(12-2-6-14(20)7-3-12)17(19-18(11)23(19)22)13-4-8-15(21)9-5-13/h2-10H,1H3,(H-,20,21,22)/p+1. The fraction of sp³-hybridized carbons (Fsp3) is 0.0526. The van der Waals surface area contributed by atoms with Crippen LogP contribution < -0.4 is 0 Å². The highest BCUT2D eigenvalue weighted by Gasteiger charge is 2.37. The van der Waals surface area contributed by atoms with Crippen LogP contribution >= 0.6 is 7.41 Å². The number of aromatic hydroxyl groups is 2. The van der Waals surface area contributed by atoms with Gasteiger partial charge in [-0.2, -0.15) is 0 Å². The molecule has 0 aliphatic carbocycles. The molecule has 0 saturated carbocycles. The van der Waals surface area contributed by atoms with E-state index in [9.17, 15) is 14.8 Å². The fourth-order valence-electron chi connectivity index (χ4n) is 2.99. The van der Waals surface area contributed by atoms with Crippen LogP contribution in [0.15, 0.2) is 54.6 Å². The zero-order valence-electron chi connectivity index (χ0n) is 12.4. The fourth-order valence-corrected chi connectivity index (χ4v) is 4.54. The Kier molecular flexibility index (Phi) is 3.00. The van der Waals surface area contributed by atoms with E-state index in [0.29, 0.717) is 0 Å². The summed E-state index contributed by atoms with van der Waals surface area (Å²) in [5.41, 5.74) is 4.88. The Bertz CT molecular complexity index is 1040. The third-order valence-corrected chi connectivity index (χ3v) is 5.77. The molecule has 0 spiro atoms. The number of hydrogen-bond donors (Lipinski definition) is 2. The third-order valence-electron chi connectivity index (χ3n) is 4.16. The Morgan fingerprint density at radius 1 is 0.783 bits per heavy atom. The minimum atomic E-state index is -1.42. The van der Waals surface area contributed by atoms with E-state index in [1.807, 2.05) is 37.3 Å². The molecule has 4 aromatic rings. The summed E-state index contributed by atoms with van der Waals surface area (Å²) in [6.45, 7) is 1.98. The molecular formula is C19H14O3P+. The zero-order valence-corrected chi connectivity index (χ0v) is 13.3. The molecule has 112 valence electrons. The maximum absolute atomic E-state index is 12.3. The number of aryl methyl sites for hydroxylation is 1. The van der Waals surface area contributed by atoms with Crippen LogP contribution in [-0.4, -0.2) is 10.2 Å². The summed E-state index contributed by atoms with van der Waals surface area (Å²) in [6, 6.07) is 16.0. The maximum atomic E-state index is 12.3. The van der Waals surface area contributed by atoms with Crippen molar-refractivity contribution in [3.05, 3.63) is 60.2 Å². The van der Waals surface area contributed by atoms with Crippen LogP contribution in [0.25, 0.3) is 32.5 Å². The summed E-state index contributed by atoms with van der Waals surface area (Å²) < 4.78 is 12.3. The second kappa shape index (κ2) is 4.94. The van der Waals surface area contributed by atoms with Gasteiger partial charge in [-0.25, -0.2) is 0 Å². The lowest BCUT2D eigenvalue weighted by Gasteiger charge is -2.08. The van der Waals surface area contributed by atoms with Gasteiger partial charge in [-0.05, 0) is 53.9 Å². The molecule has 4 heteroatoms. The molecular weight excluding hydrogens is 307 g/mol. The van der Waals surface area contributed by atoms with Crippen molar-refractivity contribution in [3.63, 3.8) is 0 Å². The van der Waals surface area contributed by atoms with Crippen molar-refractivity contribution in [1.82, 2.24) is 0 Å². The molecule has 0 aliphatic heterocycles. The average molecular weight is 321 g/mol. The normalized spacial score (nSPS) is 12.1. The number of phenolic OH excluding ortho intramolecular Hbond substituents is 2. The summed E-state index contributed by atoms with van der Waals surface area (Å²) in [5, 5.41) is 20.9. The van der Waals surface area contributed by atoms with E-state index < -0.39 is 7.41 Å². The van der Waals surface area contributed by atoms with Gasteiger partial charge in [0.2, 0.25) is 0 Å². The zero-order chi connectivity index (χ0) is 16.1. The average Bonchev–Trinajstić information content (AvgIpc) is 3.21. The van der Waals surface area contributed by atoms with Crippen molar-refractivity contribution in [2.75, 3.05) is 0 Å². The lowest BCUT2D eigenvalue weighted by Crippen LogP contribution is -1.85. The van der Waals surface area contributed by atoms with Gasteiger partial charge in [-0.15, -0.1) is 0 Å². The first-order valence-corrected chi connectivity index (χ1v) is 8.56. The largest absolute Gasteiger partial charge is 0.508 e. The minimum absolute atomic E-state index is 0.206. The van der Waals surface area contributed by atoms with Gasteiger partial charge in [-0.3, -0.25) is 0 Å². The van der Waals surface area contributed by atoms with Gasteiger partial charge < -0.3 is 10.2 Å². The van der Waals surface area contributed by atoms with E-state index in [1.54, 1.807) is 24.3 Å². The van der Waals surface area contributed by atoms with Crippen LogP contribution in [-0.2, 0) is 4.57 Å². The highest BCUT2D eigenvalue weighted by molar-refractivity contribution is 7.59. The molecule has 0 saturated heterocycles. The lowest BCUT2D eigenvalue weighted by molar-refractivity contribution is 0.475.